The molecule has 0 bridgehead atoms. The molecule has 5 nitrogen and oxygen atoms in total. The molecule has 0 N–H and O–H groups in total. The number of pyridine rings is 1. The summed E-state index contributed by atoms with van der Waals surface area (Å²) in [5.41, 5.74) is -1.16. The van der Waals surface area contributed by atoms with Gasteiger partial charge in [0.2, 0.25) is 0 Å². The van der Waals surface area contributed by atoms with Crippen molar-refractivity contribution in [2.75, 3.05) is 0 Å². The quantitative estimate of drug-likeness (QED) is 0.489. The number of carbonyl (C=O) groups excluding carboxylic acids is 1. The van der Waals surface area contributed by atoms with Crippen LogP contribution in [0.5, 0.6) is 0 Å². The predicted molar refractivity (Wildman–Crippen MR) is 65.7 cm³/mol. The second kappa shape index (κ2) is 5.52. The highest BCUT2D eigenvalue weighted by molar-refractivity contribution is 6.11. The Labute approximate surface area is 112 Å². The van der Waals surface area contributed by atoms with Crippen molar-refractivity contribution in [2.45, 2.75) is 6.43 Å². The van der Waals surface area contributed by atoms with Crippen LogP contribution in [0.1, 0.15) is 27.9 Å². The molecule has 102 valence electrons. The van der Waals surface area contributed by atoms with E-state index in [1.54, 1.807) is 0 Å². The number of rotatable bonds is 4. The first-order valence-corrected chi connectivity index (χ1v) is 5.52. The third kappa shape index (κ3) is 2.66. The monoisotopic (exact) mass is 278 g/mol. The van der Waals surface area contributed by atoms with Gasteiger partial charge in [0.1, 0.15) is 5.56 Å². The Morgan fingerprint density at radius 1 is 1.20 bits per heavy atom. The van der Waals surface area contributed by atoms with Crippen molar-refractivity contribution in [3.05, 3.63) is 69.5 Å². The summed E-state index contributed by atoms with van der Waals surface area (Å²) in [4.78, 5) is 25.9. The number of hydrogen-bond acceptors (Lipinski definition) is 4. The van der Waals surface area contributed by atoms with Gasteiger partial charge in [-0.15, -0.1) is 0 Å². The van der Waals surface area contributed by atoms with Gasteiger partial charge in [-0.05, 0) is 18.2 Å². The van der Waals surface area contributed by atoms with Gasteiger partial charge in [0.25, 0.3) is 12.1 Å². The molecule has 0 aliphatic carbocycles. The van der Waals surface area contributed by atoms with Gasteiger partial charge in [0.15, 0.2) is 5.78 Å². The molecule has 0 saturated heterocycles. The third-order valence-electron chi connectivity index (χ3n) is 2.66. The highest BCUT2D eigenvalue weighted by atomic mass is 19.3. The molecule has 7 heteroatoms. The average molecular weight is 278 g/mol. The van der Waals surface area contributed by atoms with Crippen molar-refractivity contribution in [3.63, 3.8) is 0 Å². The van der Waals surface area contributed by atoms with Crippen LogP contribution < -0.4 is 0 Å². The van der Waals surface area contributed by atoms with E-state index in [1.807, 2.05) is 0 Å². The molecule has 0 aliphatic rings. The molecule has 0 spiro atoms. The van der Waals surface area contributed by atoms with E-state index in [1.165, 1.54) is 24.5 Å². The Balaban J connectivity index is 2.51. The first-order valence-electron chi connectivity index (χ1n) is 5.52. The normalized spacial score (nSPS) is 10.6. The number of nitrogens with zero attached hydrogens (tertiary/aromatic N) is 2. The molecule has 1 aromatic heterocycles. The minimum absolute atomic E-state index is 0.202. The molecule has 0 atom stereocenters. The van der Waals surface area contributed by atoms with Gasteiger partial charge >= 0.3 is 0 Å². The predicted octanol–water partition coefficient (Wildman–Crippen LogP) is 3.16. The maximum Gasteiger partial charge on any atom is 0.281 e. The van der Waals surface area contributed by atoms with E-state index >= 15 is 0 Å². The summed E-state index contributed by atoms with van der Waals surface area (Å²) in [7, 11) is 0. The summed E-state index contributed by atoms with van der Waals surface area (Å²) in [6, 6.07) is 5.56. The van der Waals surface area contributed by atoms with E-state index in [2.05, 4.69) is 4.98 Å². The van der Waals surface area contributed by atoms with Crippen molar-refractivity contribution < 1.29 is 18.5 Å². The lowest BCUT2D eigenvalue weighted by Gasteiger charge is -2.05. The number of nitro groups is 1. The van der Waals surface area contributed by atoms with Crippen LogP contribution >= 0.6 is 0 Å². The zero-order valence-corrected chi connectivity index (χ0v) is 9.99. The number of nitro benzene ring substituents is 1. The fraction of sp³-hybridized carbons (Fsp3) is 0.0769. The van der Waals surface area contributed by atoms with Crippen LogP contribution in [-0.4, -0.2) is 15.7 Å². The summed E-state index contributed by atoms with van der Waals surface area (Å²) in [5, 5.41) is 10.9. The van der Waals surface area contributed by atoms with Gasteiger partial charge in [0, 0.05) is 29.6 Å². The van der Waals surface area contributed by atoms with Gasteiger partial charge in [-0.2, -0.15) is 0 Å². The number of halogens is 2. The van der Waals surface area contributed by atoms with Crippen molar-refractivity contribution in [1.29, 1.82) is 0 Å². The molecular formula is C13H8F2N2O3. The Morgan fingerprint density at radius 2 is 1.85 bits per heavy atom. The van der Waals surface area contributed by atoms with E-state index in [9.17, 15) is 23.7 Å². The Kier molecular flexibility index (Phi) is 3.79. The summed E-state index contributed by atoms with van der Waals surface area (Å²) < 4.78 is 25.1. The van der Waals surface area contributed by atoms with Crippen molar-refractivity contribution in [1.82, 2.24) is 4.98 Å². The van der Waals surface area contributed by atoms with Crippen LogP contribution in [0, 0.1) is 10.1 Å². The number of ketones is 1. The molecule has 0 unspecified atom stereocenters. The Hall–Kier alpha value is -2.70. The van der Waals surface area contributed by atoms with Crippen molar-refractivity contribution in [2.24, 2.45) is 0 Å². The minimum atomic E-state index is -2.83. The number of aromatic nitrogens is 1. The van der Waals surface area contributed by atoms with Crippen molar-refractivity contribution >= 4 is 11.5 Å². The fourth-order valence-electron chi connectivity index (χ4n) is 1.69. The number of benzene rings is 1. The van der Waals surface area contributed by atoms with Crippen molar-refractivity contribution in [3.8, 4) is 0 Å². The van der Waals surface area contributed by atoms with E-state index in [4.69, 9.17) is 0 Å². The standard InChI is InChI=1S/C13H8F2N2O3/c14-13(15)9-1-2-10(11(7-9)17(19)20)12(18)8-3-5-16-6-4-8/h1-7,13H. The van der Waals surface area contributed by atoms with E-state index in [0.29, 0.717) is 0 Å². The first-order chi connectivity index (χ1) is 9.50. The summed E-state index contributed by atoms with van der Waals surface area (Å²) in [6.07, 6.45) is -0.0992. The van der Waals surface area contributed by atoms with Gasteiger partial charge in [-0.1, -0.05) is 6.07 Å². The lowest BCUT2D eigenvalue weighted by atomic mass is 10.0. The largest absolute Gasteiger partial charge is 0.288 e. The second-order valence-corrected chi connectivity index (χ2v) is 3.90. The maximum absolute atomic E-state index is 12.6. The lowest BCUT2D eigenvalue weighted by Crippen LogP contribution is -2.06. The van der Waals surface area contributed by atoms with Gasteiger partial charge in [-0.3, -0.25) is 19.9 Å². The smallest absolute Gasteiger partial charge is 0.281 e. The van der Waals surface area contributed by atoms with Crippen LogP contribution in [0.3, 0.4) is 0 Å². The van der Waals surface area contributed by atoms with Crippen LogP contribution in [0.25, 0.3) is 0 Å². The van der Waals surface area contributed by atoms with E-state index in [0.717, 1.165) is 18.2 Å². The Bertz CT molecular complexity index is 660. The minimum Gasteiger partial charge on any atom is -0.288 e. The molecule has 2 rings (SSSR count). The van der Waals surface area contributed by atoms with Gasteiger partial charge in [0.05, 0.1) is 4.92 Å². The molecule has 0 amide bonds. The molecule has 0 fully saturated rings. The first kappa shape index (κ1) is 13.7. The SMILES string of the molecule is O=C(c1ccncc1)c1ccc(C(F)F)cc1[N+](=O)[O-]. The molecule has 0 saturated carbocycles. The topological polar surface area (TPSA) is 73.1 Å². The number of hydrogen-bond donors (Lipinski definition) is 0. The van der Waals surface area contributed by atoms with Crippen LogP contribution in [0.4, 0.5) is 14.5 Å². The molecule has 1 heterocycles. The summed E-state index contributed by atoms with van der Waals surface area (Å²) in [6.45, 7) is 0. The summed E-state index contributed by atoms with van der Waals surface area (Å²) >= 11 is 0. The molecule has 0 aliphatic heterocycles. The average Bonchev–Trinajstić information content (AvgIpc) is 2.46. The van der Waals surface area contributed by atoms with Gasteiger partial charge in [-0.25, -0.2) is 8.78 Å². The molecule has 2 aromatic rings. The molecule has 0 radical (unpaired) electrons. The molecule has 20 heavy (non-hydrogen) atoms. The van der Waals surface area contributed by atoms with Crippen LogP contribution in [0.2, 0.25) is 0 Å². The summed E-state index contributed by atoms with van der Waals surface area (Å²) in [5.74, 6) is -0.611. The van der Waals surface area contributed by atoms with Crippen LogP contribution in [0.15, 0.2) is 42.7 Å². The number of alkyl halides is 2. The van der Waals surface area contributed by atoms with E-state index < -0.39 is 28.4 Å². The second-order valence-electron chi connectivity index (χ2n) is 3.90. The van der Waals surface area contributed by atoms with E-state index in [-0.39, 0.29) is 11.1 Å². The molecular weight excluding hydrogens is 270 g/mol. The fourth-order valence-corrected chi connectivity index (χ4v) is 1.69. The zero-order valence-electron chi connectivity index (χ0n) is 9.99. The van der Waals surface area contributed by atoms with Crippen LogP contribution in [-0.2, 0) is 0 Å². The zero-order chi connectivity index (χ0) is 14.7. The lowest BCUT2D eigenvalue weighted by molar-refractivity contribution is -0.385. The Morgan fingerprint density at radius 3 is 2.40 bits per heavy atom. The number of carbonyl (C=O) groups is 1. The maximum atomic E-state index is 12.6. The highest BCUT2D eigenvalue weighted by Gasteiger charge is 2.23. The highest BCUT2D eigenvalue weighted by Crippen LogP contribution is 2.28. The van der Waals surface area contributed by atoms with Gasteiger partial charge < -0.3 is 0 Å². The molecule has 1 aromatic carbocycles. The third-order valence-corrected chi connectivity index (χ3v) is 2.66.